The molecular formula is C16H19F3O5. The van der Waals surface area contributed by atoms with Gasteiger partial charge >= 0.3 is 18.1 Å². The summed E-state index contributed by atoms with van der Waals surface area (Å²) >= 11 is 0. The number of hydrogen-bond donors (Lipinski definition) is 0. The van der Waals surface area contributed by atoms with E-state index >= 15 is 0 Å². The molecule has 3 aliphatic carbocycles. The van der Waals surface area contributed by atoms with Crippen LogP contribution in [0.25, 0.3) is 0 Å². The van der Waals surface area contributed by atoms with Crippen molar-refractivity contribution < 1.29 is 37.0 Å². The topological polar surface area (TPSA) is 61.8 Å². The molecule has 2 aliphatic heterocycles. The fourth-order valence-electron chi connectivity index (χ4n) is 5.40. The quantitative estimate of drug-likeness (QED) is 0.731. The molecule has 5 rings (SSSR count). The largest absolute Gasteiger partial charge is 0.464 e. The fourth-order valence-corrected chi connectivity index (χ4v) is 5.40. The zero-order chi connectivity index (χ0) is 17.3. The zero-order valence-corrected chi connectivity index (χ0v) is 13.2. The van der Waals surface area contributed by atoms with Gasteiger partial charge in [0.25, 0.3) is 0 Å². The molecule has 2 heterocycles. The molecule has 3 saturated carbocycles. The average molecular weight is 348 g/mol. The smallest absolute Gasteiger partial charge is 0.393 e. The van der Waals surface area contributed by atoms with Gasteiger partial charge in [-0.3, -0.25) is 4.79 Å². The molecular weight excluding hydrogens is 329 g/mol. The highest BCUT2D eigenvalue weighted by atomic mass is 19.4. The van der Waals surface area contributed by atoms with E-state index in [1.807, 2.05) is 0 Å². The van der Waals surface area contributed by atoms with Gasteiger partial charge in [0.1, 0.15) is 11.5 Å². The number of ether oxygens (including phenoxy) is 3. The van der Waals surface area contributed by atoms with Crippen LogP contribution in [0.3, 0.4) is 0 Å². The summed E-state index contributed by atoms with van der Waals surface area (Å²) in [5, 5.41) is 0. The SMILES string of the molecule is CC1C2CCC3C1OC(=O)C3(COC1CCOC1=O)C2C(F)(F)F. The lowest BCUT2D eigenvalue weighted by molar-refractivity contribution is -0.267. The number of halogens is 3. The van der Waals surface area contributed by atoms with Gasteiger partial charge < -0.3 is 14.2 Å². The number of cyclic esters (lactones) is 1. The molecule has 7 unspecified atom stereocenters. The molecule has 5 aliphatic rings. The van der Waals surface area contributed by atoms with Crippen LogP contribution in [0.5, 0.6) is 0 Å². The van der Waals surface area contributed by atoms with Gasteiger partial charge in [-0.2, -0.15) is 13.2 Å². The molecule has 0 aromatic carbocycles. The molecule has 4 bridgehead atoms. The maximum atomic E-state index is 13.9. The number of fused-ring (bicyclic) bond motifs is 1. The Hall–Kier alpha value is -1.31. The van der Waals surface area contributed by atoms with Crippen LogP contribution in [0.4, 0.5) is 13.2 Å². The molecule has 0 radical (unpaired) electrons. The maximum absolute atomic E-state index is 13.9. The van der Waals surface area contributed by atoms with Crippen LogP contribution in [-0.4, -0.2) is 43.5 Å². The van der Waals surface area contributed by atoms with Gasteiger partial charge in [-0.15, -0.1) is 0 Å². The van der Waals surface area contributed by atoms with Crippen LogP contribution < -0.4 is 0 Å². The molecule has 5 fully saturated rings. The van der Waals surface area contributed by atoms with Gasteiger partial charge in [-0.05, 0) is 24.7 Å². The van der Waals surface area contributed by atoms with Crippen molar-refractivity contribution in [2.75, 3.05) is 13.2 Å². The Labute approximate surface area is 136 Å². The standard InChI is InChI=1S/C16H19F3O5/c1-7-8-2-3-9-11(7)24-14(21)15(9,12(8)16(17,18)19)6-23-10-4-5-22-13(10)20/h7-12H,2-6H2,1H3. The Morgan fingerprint density at radius 1 is 1.25 bits per heavy atom. The summed E-state index contributed by atoms with van der Waals surface area (Å²) in [5.74, 6) is -4.64. The summed E-state index contributed by atoms with van der Waals surface area (Å²) in [6.45, 7) is 1.49. The predicted molar refractivity (Wildman–Crippen MR) is 72.6 cm³/mol. The number of rotatable bonds is 3. The van der Waals surface area contributed by atoms with E-state index in [2.05, 4.69) is 0 Å². The summed E-state index contributed by atoms with van der Waals surface area (Å²) in [7, 11) is 0. The van der Waals surface area contributed by atoms with E-state index in [4.69, 9.17) is 14.2 Å². The number of hydrogen-bond acceptors (Lipinski definition) is 5. The van der Waals surface area contributed by atoms with Crippen molar-refractivity contribution in [3.05, 3.63) is 0 Å². The lowest BCUT2D eigenvalue weighted by Crippen LogP contribution is -2.62. The van der Waals surface area contributed by atoms with Crippen molar-refractivity contribution in [2.45, 2.75) is 44.6 Å². The Morgan fingerprint density at radius 3 is 2.62 bits per heavy atom. The molecule has 7 atom stereocenters. The fraction of sp³-hybridized carbons (Fsp3) is 0.875. The highest BCUT2D eigenvalue weighted by Gasteiger charge is 2.76. The molecule has 8 heteroatoms. The van der Waals surface area contributed by atoms with Crippen molar-refractivity contribution in [1.82, 2.24) is 0 Å². The minimum Gasteiger partial charge on any atom is -0.464 e. The Kier molecular flexibility index (Phi) is 3.43. The monoisotopic (exact) mass is 348 g/mol. The molecule has 5 nitrogen and oxygen atoms in total. The number of alkyl halides is 3. The normalized spacial score (nSPS) is 47.0. The molecule has 0 amide bonds. The summed E-state index contributed by atoms with van der Waals surface area (Å²) < 4.78 is 57.2. The first-order valence-electron chi connectivity index (χ1n) is 8.33. The minimum atomic E-state index is -4.51. The summed E-state index contributed by atoms with van der Waals surface area (Å²) in [6, 6.07) is 0. The van der Waals surface area contributed by atoms with Gasteiger partial charge in [-0.25, -0.2) is 4.79 Å². The molecule has 0 spiro atoms. The summed E-state index contributed by atoms with van der Waals surface area (Å²) in [6.07, 6.45) is -4.61. The van der Waals surface area contributed by atoms with Gasteiger partial charge in [0, 0.05) is 12.3 Å². The van der Waals surface area contributed by atoms with E-state index in [-0.39, 0.29) is 12.5 Å². The molecule has 0 aromatic heterocycles. The Morgan fingerprint density at radius 2 is 2.00 bits per heavy atom. The van der Waals surface area contributed by atoms with E-state index < -0.39 is 60.1 Å². The van der Waals surface area contributed by atoms with Crippen molar-refractivity contribution in [3.63, 3.8) is 0 Å². The highest BCUT2D eigenvalue weighted by Crippen LogP contribution is 2.67. The third kappa shape index (κ3) is 1.98. The van der Waals surface area contributed by atoms with E-state index in [0.717, 1.165) is 0 Å². The lowest BCUT2D eigenvalue weighted by atomic mass is 9.48. The first-order chi connectivity index (χ1) is 11.3. The van der Waals surface area contributed by atoms with Crippen molar-refractivity contribution in [1.29, 1.82) is 0 Å². The molecule has 134 valence electrons. The molecule has 0 N–H and O–H groups in total. The Bertz CT molecular complexity index is 577. The van der Waals surface area contributed by atoms with Crippen LogP contribution in [0.15, 0.2) is 0 Å². The highest BCUT2D eigenvalue weighted by molar-refractivity contribution is 5.82. The van der Waals surface area contributed by atoms with E-state index in [0.29, 0.717) is 19.3 Å². The van der Waals surface area contributed by atoms with Crippen LogP contribution in [-0.2, 0) is 23.8 Å². The number of esters is 2. The van der Waals surface area contributed by atoms with Crippen LogP contribution >= 0.6 is 0 Å². The number of carbonyl (C=O) groups is 2. The average Bonchev–Trinajstić information content (AvgIpc) is 3.02. The zero-order valence-electron chi connectivity index (χ0n) is 13.2. The van der Waals surface area contributed by atoms with Gasteiger partial charge in [0.15, 0.2) is 6.10 Å². The van der Waals surface area contributed by atoms with E-state index in [1.54, 1.807) is 6.92 Å². The van der Waals surface area contributed by atoms with E-state index in [1.165, 1.54) is 0 Å². The lowest BCUT2D eigenvalue weighted by Gasteiger charge is -2.54. The second-order valence-electron chi connectivity index (χ2n) is 7.39. The third-order valence-electron chi connectivity index (χ3n) is 6.43. The van der Waals surface area contributed by atoms with Crippen LogP contribution in [0.1, 0.15) is 26.2 Å². The van der Waals surface area contributed by atoms with Crippen molar-refractivity contribution in [3.8, 4) is 0 Å². The van der Waals surface area contributed by atoms with Gasteiger partial charge in [0.05, 0.1) is 19.1 Å². The Balaban J connectivity index is 1.69. The first-order valence-corrected chi connectivity index (χ1v) is 8.33. The first kappa shape index (κ1) is 16.2. The van der Waals surface area contributed by atoms with Crippen LogP contribution in [0, 0.1) is 29.1 Å². The third-order valence-corrected chi connectivity index (χ3v) is 6.43. The predicted octanol–water partition coefficient (Wildman–Crippen LogP) is 2.08. The summed E-state index contributed by atoms with van der Waals surface area (Å²) in [4.78, 5) is 24.1. The van der Waals surface area contributed by atoms with Crippen molar-refractivity contribution >= 4 is 11.9 Å². The second-order valence-corrected chi connectivity index (χ2v) is 7.39. The van der Waals surface area contributed by atoms with Gasteiger partial charge in [0.2, 0.25) is 0 Å². The minimum absolute atomic E-state index is 0.190. The maximum Gasteiger partial charge on any atom is 0.393 e. The van der Waals surface area contributed by atoms with Crippen LogP contribution in [0.2, 0.25) is 0 Å². The van der Waals surface area contributed by atoms with E-state index in [9.17, 15) is 22.8 Å². The summed E-state index contributed by atoms with van der Waals surface area (Å²) in [5.41, 5.74) is -1.72. The second kappa shape index (κ2) is 5.09. The number of carbonyl (C=O) groups excluding carboxylic acids is 2. The molecule has 0 aromatic rings. The van der Waals surface area contributed by atoms with Crippen molar-refractivity contribution in [2.24, 2.45) is 29.1 Å². The van der Waals surface area contributed by atoms with Gasteiger partial charge in [-0.1, -0.05) is 6.92 Å². The molecule has 24 heavy (non-hydrogen) atoms. The molecule has 2 saturated heterocycles.